The van der Waals surface area contributed by atoms with Crippen molar-refractivity contribution in [2.45, 2.75) is 13.0 Å². The van der Waals surface area contributed by atoms with Crippen LogP contribution in [0.15, 0.2) is 59.4 Å². The second-order valence-corrected chi connectivity index (χ2v) is 4.68. The summed E-state index contributed by atoms with van der Waals surface area (Å²) in [6.45, 7) is 0.534. The normalized spacial score (nSPS) is 10.8. The summed E-state index contributed by atoms with van der Waals surface area (Å²) in [6, 6.07) is 17.5. The van der Waals surface area contributed by atoms with Gasteiger partial charge in [0.25, 0.3) is 0 Å². The number of nitrogens with zero attached hydrogens (tertiary/aromatic N) is 2. The van der Waals surface area contributed by atoms with Crippen molar-refractivity contribution < 1.29 is 0 Å². The van der Waals surface area contributed by atoms with Crippen LogP contribution < -0.4 is 11.4 Å². The Balaban J connectivity index is 1.97. The van der Waals surface area contributed by atoms with Gasteiger partial charge in [0.15, 0.2) is 0 Å². The maximum Gasteiger partial charge on any atom is 0.349 e. The molecular weight excluding hydrogens is 250 g/mol. The van der Waals surface area contributed by atoms with Gasteiger partial charge in [-0.2, -0.15) is 4.98 Å². The summed E-state index contributed by atoms with van der Waals surface area (Å²) in [7, 11) is 0. The Bertz CT molecular complexity index is 794. The molecule has 0 saturated heterocycles. The fourth-order valence-electron chi connectivity index (χ4n) is 2.30. The van der Waals surface area contributed by atoms with Crippen LogP contribution in [0.2, 0.25) is 0 Å². The molecule has 0 aliphatic heterocycles. The molecule has 0 unspecified atom stereocenters. The van der Waals surface area contributed by atoms with E-state index in [1.54, 1.807) is 6.07 Å². The molecule has 0 aliphatic carbocycles. The highest BCUT2D eigenvalue weighted by molar-refractivity contribution is 5.87. The Labute approximate surface area is 116 Å². The number of hydrogen-bond acceptors (Lipinski definition) is 3. The van der Waals surface area contributed by atoms with E-state index in [0.717, 1.165) is 11.8 Å². The lowest BCUT2D eigenvalue weighted by Crippen LogP contribution is -2.26. The highest BCUT2D eigenvalue weighted by Gasteiger charge is 2.07. The Morgan fingerprint density at radius 3 is 2.50 bits per heavy atom. The molecule has 0 spiro atoms. The molecule has 2 N–H and O–H groups in total. The third-order valence-corrected chi connectivity index (χ3v) is 3.38. The molecule has 0 atom stereocenters. The predicted molar refractivity (Wildman–Crippen MR) is 80.6 cm³/mol. The van der Waals surface area contributed by atoms with E-state index >= 15 is 0 Å². The third-order valence-electron chi connectivity index (χ3n) is 3.38. The average molecular weight is 265 g/mol. The molecule has 4 nitrogen and oxygen atoms in total. The lowest BCUT2D eigenvalue weighted by Gasteiger charge is -2.11. The van der Waals surface area contributed by atoms with Gasteiger partial charge in [0.2, 0.25) is 0 Å². The zero-order valence-corrected chi connectivity index (χ0v) is 11.0. The van der Waals surface area contributed by atoms with Crippen LogP contribution in [0, 0.1) is 0 Å². The summed E-state index contributed by atoms with van der Waals surface area (Å²) in [5.74, 6) is 0.483. The number of aromatic nitrogens is 2. The minimum Gasteiger partial charge on any atom is -0.384 e. The van der Waals surface area contributed by atoms with Crippen molar-refractivity contribution in [1.29, 1.82) is 0 Å². The van der Waals surface area contributed by atoms with Gasteiger partial charge in [-0.15, -0.1) is 0 Å². The highest BCUT2D eigenvalue weighted by atomic mass is 16.1. The fourth-order valence-corrected chi connectivity index (χ4v) is 2.30. The van der Waals surface area contributed by atoms with Crippen LogP contribution in [0.25, 0.3) is 10.9 Å². The molecule has 1 aromatic heterocycles. The Kier molecular flexibility index (Phi) is 3.21. The van der Waals surface area contributed by atoms with Gasteiger partial charge in [-0.3, -0.25) is 4.57 Å². The average Bonchev–Trinajstić information content (AvgIpc) is 2.48. The molecule has 0 bridgehead atoms. The first kappa shape index (κ1) is 12.4. The molecule has 1 heterocycles. The van der Waals surface area contributed by atoms with Gasteiger partial charge < -0.3 is 5.73 Å². The molecule has 4 heteroatoms. The number of anilines is 1. The first-order chi connectivity index (χ1) is 9.75. The first-order valence-electron chi connectivity index (χ1n) is 6.55. The number of rotatable bonds is 3. The van der Waals surface area contributed by atoms with Crippen molar-refractivity contribution in [3.05, 3.63) is 70.6 Å². The Hall–Kier alpha value is -2.62. The van der Waals surface area contributed by atoms with Gasteiger partial charge in [-0.1, -0.05) is 42.5 Å². The zero-order valence-electron chi connectivity index (χ0n) is 11.0. The summed E-state index contributed by atoms with van der Waals surface area (Å²) in [4.78, 5) is 16.1. The summed E-state index contributed by atoms with van der Waals surface area (Å²) in [6.07, 6.45) is 0.755. The fraction of sp³-hybridized carbons (Fsp3) is 0.125. The molecule has 3 rings (SSSR count). The maximum atomic E-state index is 12.0. The van der Waals surface area contributed by atoms with Crippen molar-refractivity contribution >= 4 is 16.7 Å². The standard InChI is InChI=1S/C16H15N3O/c17-15-13-8-4-5-9-14(13)18-16(20)19(15)11-10-12-6-2-1-3-7-12/h1-9H,10-11,17H2. The van der Waals surface area contributed by atoms with E-state index in [1.165, 1.54) is 10.1 Å². The largest absolute Gasteiger partial charge is 0.384 e. The monoisotopic (exact) mass is 265 g/mol. The van der Waals surface area contributed by atoms with E-state index < -0.39 is 0 Å². The summed E-state index contributed by atoms with van der Waals surface area (Å²) < 4.78 is 1.54. The third kappa shape index (κ3) is 2.28. The lowest BCUT2D eigenvalue weighted by atomic mass is 10.1. The number of hydrogen-bond donors (Lipinski definition) is 1. The smallest absolute Gasteiger partial charge is 0.349 e. The van der Waals surface area contributed by atoms with Crippen molar-refractivity contribution in [3.8, 4) is 0 Å². The van der Waals surface area contributed by atoms with Gasteiger partial charge in [0, 0.05) is 11.9 Å². The molecule has 0 fully saturated rings. The van der Waals surface area contributed by atoms with E-state index in [-0.39, 0.29) is 5.69 Å². The molecule has 0 aliphatic rings. The topological polar surface area (TPSA) is 60.9 Å². The van der Waals surface area contributed by atoms with Crippen LogP contribution in [0.4, 0.5) is 5.82 Å². The zero-order chi connectivity index (χ0) is 13.9. The van der Waals surface area contributed by atoms with Gasteiger partial charge >= 0.3 is 5.69 Å². The van der Waals surface area contributed by atoms with Gasteiger partial charge in [0.1, 0.15) is 5.82 Å². The van der Waals surface area contributed by atoms with Crippen LogP contribution in [-0.2, 0) is 13.0 Å². The van der Waals surface area contributed by atoms with Gasteiger partial charge in [-0.05, 0) is 24.1 Å². The number of para-hydroxylation sites is 1. The minimum absolute atomic E-state index is 0.294. The van der Waals surface area contributed by atoms with E-state index in [1.807, 2.05) is 48.5 Å². The van der Waals surface area contributed by atoms with Gasteiger partial charge in [0.05, 0.1) is 5.52 Å². The van der Waals surface area contributed by atoms with Crippen molar-refractivity contribution in [1.82, 2.24) is 9.55 Å². The van der Waals surface area contributed by atoms with Crippen LogP contribution >= 0.6 is 0 Å². The number of benzene rings is 2. The van der Waals surface area contributed by atoms with Gasteiger partial charge in [-0.25, -0.2) is 4.79 Å². The number of fused-ring (bicyclic) bond motifs is 1. The number of nitrogens with two attached hydrogens (primary N) is 1. The molecule has 100 valence electrons. The van der Waals surface area contributed by atoms with E-state index in [9.17, 15) is 4.79 Å². The number of aryl methyl sites for hydroxylation is 1. The SMILES string of the molecule is Nc1c2ccccc2nc(=O)n1CCc1ccccc1. The first-order valence-corrected chi connectivity index (χ1v) is 6.55. The van der Waals surface area contributed by atoms with Crippen LogP contribution in [0.3, 0.4) is 0 Å². The second kappa shape index (κ2) is 5.17. The van der Waals surface area contributed by atoms with Crippen LogP contribution in [-0.4, -0.2) is 9.55 Å². The maximum absolute atomic E-state index is 12.0. The molecule has 0 amide bonds. The molecular formula is C16H15N3O. The highest BCUT2D eigenvalue weighted by Crippen LogP contribution is 2.16. The van der Waals surface area contributed by atoms with Crippen LogP contribution in [0.1, 0.15) is 5.56 Å². The minimum atomic E-state index is -0.294. The Morgan fingerprint density at radius 2 is 1.70 bits per heavy atom. The second-order valence-electron chi connectivity index (χ2n) is 4.68. The van der Waals surface area contributed by atoms with E-state index in [4.69, 9.17) is 5.73 Å². The van der Waals surface area contributed by atoms with E-state index in [2.05, 4.69) is 4.98 Å². The predicted octanol–water partition coefficient (Wildman–Crippen LogP) is 2.22. The molecule has 3 aromatic rings. The quantitative estimate of drug-likeness (QED) is 0.790. The van der Waals surface area contributed by atoms with Crippen molar-refractivity contribution in [2.75, 3.05) is 5.73 Å². The number of nitrogen functional groups attached to an aromatic ring is 1. The van der Waals surface area contributed by atoms with Crippen molar-refractivity contribution in [2.24, 2.45) is 0 Å². The summed E-state index contributed by atoms with van der Waals surface area (Å²) in [5.41, 5.74) is 7.63. The summed E-state index contributed by atoms with van der Waals surface area (Å²) >= 11 is 0. The molecule has 20 heavy (non-hydrogen) atoms. The van der Waals surface area contributed by atoms with Crippen molar-refractivity contribution in [3.63, 3.8) is 0 Å². The van der Waals surface area contributed by atoms with Crippen LogP contribution in [0.5, 0.6) is 0 Å². The molecule has 0 radical (unpaired) electrons. The summed E-state index contributed by atoms with van der Waals surface area (Å²) in [5, 5.41) is 0.820. The Morgan fingerprint density at radius 1 is 1.00 bits per heavy atom. The van der Waals surface area contributed by atoms with E-state index in [0.29, 0.717) is 17.9 Å². The molecule has 2 aromatic carbocycles. The molecule has 0 saturated carbocycles. The lowest BCUT2D eigenvalue weighted by molar-refractivity contribution is 0.665.